The average Bonchev–Trinajstić information content (AvgIpc) is 2.93. The first kappa shape index (κ1) is 30.9. The molecule has 18 heteroatoms. The Morgan fingerprint density at radius 3 is 2.29 bits per heavy atom. The summed E-state index contributed by atoms with van der Waals surface area (Å²) in [6.07, 6.45) is -2.89. The van der Waals surface area contributed by atoms with Crippen molar-refractivity contribution in [2.45, 2.75) is 36.0 Å². The van der Waals surface area contributed by atoms with Gasteiger partial charge in [-0.1, -0.05) is 6.07 Å². The molecule has 3 aromatic rings. The number of sulfone groups is 1. The molecule has 1 N–H and O–H groups in total. The Morgan fingerprint density at radius 1 is 1.05 bits per heavy atom. The van der Waals surface area contributed by atoms with E-state index >= 15 is 8.78 Å². The van der Waals surface area contributed by atoms with Crippen molar-refractivity contribution < 1.29 is 48.7 Å². The minimum absolute atomic E-state index is 0.00181. The van der Waals surface area contributed by atoms with E-state index in [1.54, 1.807) is 0 Å². The molecule has 0 radical (unpaired) electrons. The van der Waals surface area contributed by atoms with Crippen LogP contribution in [-0.2, 0) is 21.9 Å². The van der Waals surface area contributed by atoms with Crippen LogP contribution in [0.1, 0.15) is 35.8 Å². The van der Waals surface area contributed by atoms with E-state index in [9.17, 15) is 35.2 Å². The maximum atomic E-state index is 15.4. The first-order valence-corrected chi connectivity index (χ1v) is 13.9. The molecule has 3 heterocycles. The van der Waals surface area contributed by atoms with Gasteiger partial charge in [0.2, 0.25) is 26.7 Å². The highest BCUT2D eigenvalue weighted by molar-refractivity contribution is 7.90. The average molecular weight is 623 g/mol. The number of para-hydroxylation sites is 1. The van der Waals surface area contributed by atoms with E-state index in [1.807, 2.05) is 0 Å². The minimum atomic E-state index is -4.94. The number of ether oxygens (including phenoxy) is 1. The third-order valence-corrected chi connectivity index (χ3v) is 7.03. The number of amides is 2. The minimum Gasteiger partial charge on any atom is -0.471 e. The van der Waals surface area contributed by atoms with Gasteiger partial charge < -0.3 is 15.0 Å². The predicted octanol–water partition coefficient (Wildman–Crippen LogP) is 4.55. The lowest BCUT2D eigenvalue weighted by Crippen LogP contribution is -2.41. The number of benzene rings is 1. The van der Waals surface area contributed by atoms with E-state index in [-0.39, 0.29) is 31.6 Å². The third-order valence-electron chi connectivity index (χ3n) is 6.17. The summed E-state index contributed by atoms with van der Waals surface area (Å²) in [5.74, 6) is -9.13. The highest BCUT2D eigenvalue weighted by atomic mass is 32.2. The summed E-state index contributed by atoms with van der Waals surface area (Å²) in [6.45, 7) is -1.65. The van der Waals surface area contributed by atoms with Gasteiger partial charge >= 0.3 is 18.1 Å². The lowest BCUT2D eigenvalue weighted by molar-refractivity contribution is -0.145. The van der Waals surface area contributed by atoms with Crippen LogP contribution in [0.25, 0.3) is 0 Å². The molecule has 0 aliphatic carbocycles. The van der Waals surface area contributed by atoms with Crippen LogP contribution in [0.5, 0.6) is 5.88 Å². The van der Waals surface area contributed by atoms with Gasteiger partial charge in [0.05, 0.1) is 11.3 Å². The highest BCUT2D eigenvalue weighted by Gasteiger charge is 2.41. The molecule has 42 heavy (non-hydrogen) atoms. The zero-order valence-electron chi connectivity index (χ0n) is 21.5. The Bertz CT molecular complexity index is 1560. The number of alkyl halides is 5. The molecular weight excluding hydrogens is 601 g/mol. The molecule has 1 fully saturated rings. The number of anilines is 1. The molecule has 0 bridgehead atoms. The molecular formula is C24H21F7N6O4S. The number of hydrogen-bond acceptors (Lipinski definition) is 8. The number of likely N-dealkylation sites (tertiary alicyclic amines) is 1. The summed E-state index contributed by atoms with van der Waals surface area (Å²) in [4.78, 5) is 27.3. The SMILES string of the molecule is CS(=O)(=O)c1ncc(C(F)(F)COc2ccnc(C(F)(F)F)n2)c(C2CCN(C(=O)Nc3c(F)cccc3F)CC2)n1. The largest absolute Gasteiger partial charge is 0.471 e. The summed E-state index contributed by atoms with van der Waals surface area (Å²) in [7, 11) is -4.03. The number of urea groups is 1. The summed E-state index contributed by atoms with van der Waals surface area (Å²) < 4.78 is 126. The lowest BCUT2D eigenvalue weighted by atomic mass is 9.89. The number of nitrogens with zero attached hydrogens (tertiary/aromatic N) is 5. The maximum Gasteiger partial charge on any atom is 0.451 e. The number of nitrogens with one attached hydrogen (secondary N) is 1. The normalized spacial score (nSPS) is 15.0. The zero-order chi connectivity index (χ0) is 30.9. The van der Waals surface area contributed by atoms with E-state index < -0.39 is 80.2 Å². The first-order valence-electron chi connectivity index (χ1n) is 12.0. The third kappa shape index (κ3) is 7.03. The Hall–Kier alpha value is -4.09. The van der Waals surface area contributed by atoms with Gasteiger partial charge in [-0.25, -0.2) is 36.9 Å². The smallest absolute Gasteiger partial charge is 0.451 e. The van der Waals surface area contributed by atoms with Crippen LogP contribution in [0, 0.1) is 11.6 Å². The molecule has 226 valence electrons. The quantitative estimate of drug-likeness (QED) is 0.301. The Morgan fingerprint density at radius 2 is 1.69 bits per heavy atom. The Kier molecular flexibility index (Phi) is 8.56. The van der Waals surface area contributed by atoms with Gasteiger partial charge in [-0.3, -0.25) is 0 Å². The predicted molar refractivity (Wildman–Crippen MR) is 130 cm³/mol. The second-order valence-corrected chi connectivity index (χ2v) is 11.1. The van der Waals surface area contributed by atoms with Crippen LogP contribution in [0.4, 0.5) is 41.2 Å². The van der Waals surface area contributed by atoms with Crippen molar-refractivity contribution in [3.63, 3.8) is 0 Å². The fraction of sp³-hybridized carbons (Fsp3) is 0.375. The molecule has 1 aliphatic heterocycles. The van der Waals surface area contributed by atoms with Crippen LogP contribution in [0.15, 0.2) is 41.8 Å². The molecule has 10 nitrogen and oxygen atoms in total. The van der Waals surface area contributed by atoms with Gasteiger partial charge in [0.1, 0.15) is 17.3 Å². The van der Waals surface area contributed by atoms with Crippen LogP contribution in [0.3, 0.4) is 0 Å². The van der Waals surface area contributed by atoms with E-state index in [0.717, 1.165) is 30.5 Å². The van der Waals surface area contributed by atoms with Crippen molar-refractivity contribution >= 4 is 21.6 Å². The molecule has 0 atom stereocenters. The standard InChI is InChI=1S/C24H21F7N6O4S/c1-42(39,40)21-33-11-14(23(27,28)12-41-17-5-8-32-20(34-17)24(29,30)31)18(35-21)13-6-9-37(10-7-13)22(38)36-19-15(25)3-2-4-16(19)26/h2-5,8,11,13H,6-7,9-10,12H2,1H3,(H,36,38). The Balaban J connectivity index is 1.54. The highest BCUT2D eigenvalue weighted by Crippen LogP contribution is 2.38. The van der Waals surface area contributed by atoms with Crippen LogP contribution in [-0.4, -0.2) is 65.2 Å². The molecule has 4 rings (SSSR count). The zero-order valence-corrected chi connectivity index (χ0v) is 22.3. The second kappa shape index (κ2) is 11.7. The van der Waals surface area contributed by atoms with Crippen molar-refractivity contribution in [3.05, 3.63) is 65.4 Å². The summed E-state index contributed by atoms with van der Waals surface area (Å²) in [5, 5.41) is 1.39. The molecule has 2 aromatic heterocycles. The Labute approximate surface area is 233 Å². The number of piperidine rings is 1. The summed E-state index contributed by atoms with van der Waals surface area (Å²) >= 11 is 0. The first-order chi connectivity index (χ1) is 19.6. The maximum absolute atomic E-state index is 15.4. The number of carbonyl (C=O) groups is 1. The van der Waals surface area contributed by atoms with E-state index in [1.165, 1.54) is 4.90 Å². The van der Waals surface area contributed by atoms with Crippen molar-refractivity contribution in [1.29, 1.82) is 0 Å². The van der Waals surface area contributed by atoms with Crippen molar-refractivity contribution in [2.24, 2.45) is 0 Å². The topological polar surface area (TPSA) is 127 Å². The van der Waals surface area contributed by atoms with E-state index in [2.05, 4.69) is 25.3 Å². The fourth-order valence-electron chi connectivity index (χ4n) is 4.11. The molecule has 2 amide bonds. The van der Waals surface area contributed by atoms with Crippen LogP contribution < -0.4 is 10.1 Å². The van der Waals surface area contributed by atoms with Gasteiger partial charge in [0.25, 0.3) is 0 Å². The van der Waals surface area contributed by atoms with E-state index in [4.69, 9.17) is 4.74 Å². The van der Waals surface area contributed by atoms with Gasteiger partial charge in [0.15, 0.2) is 6.61 Å². The molecule has 1 saturated heterocycles. The van der Waals surface area contributed by atoms with E-state index in [0.29, 0.717) is 12.4 Å². The van der Waals surface area contributed by atoms with Crippen LogP contribution in [0.2, 0.25) is 0 Å². The van der Waals surface area contributed by atoms with Gasteiger partial charge in [-0.2, -0.15) is 26.9 Å². The number of carbonyl (C=O) groups excluding carboxylic acids is 1. The summed E-state index contributed by atoms with van der Waals surface area (Å²) in [6, 6.07) is 3.02. The number of aromatic nitrogens is 4. The van der Waals surface area contributed by atoms with Gasteiger partial charge in [0, 0.05) is 43.7 Å². The lowest BCUT2D eigenvalue weighted by Gasteiger charge is -2.33. The number of rotatable bonds is 7. The molecule has 0 spiro atoms. The van der Waals surface area contributed by atoms with Crippen molar-refractivity contribution in [1.82, 2.24) is 24.8 Å². The molecule has 0 saturated carbocycles. The molecule has 0 unspecified atom stereocenters. The second-order valence-electron chi connectivity index (χ2n) is 9.22. The molecule has 1 aromatic carbocycles. The fourth-order valence-corrected chi connectivity index (χ4v) is 4.62. The summed E-state index contributed by atoms with van der Waals surface area (Å²) in [5.41, 5.74) is -1.86. The van der Waals surface area contributed by atoms with Crippen molar-refractivity contribution in [2.75, 3.05) is 31.3 Å². The monoisotopic (exact) mass is 622 g/mol. The molecule has 1 aliphatic rings. The van der Waals surface area contributed by atoms with Crippen LogP contribution >= 0.6 is 0 Å². The van der Waals surface area contributed by atoms with Gasteiger partial charge in [-0.15, -0.1) is 0 Å². The van der Waals surface area contributed by atoms with Gasteiger partial charge in [-0.05, 0) is 25.0 Å². The number of halogens is 7. The van der Waals surface area contributed by atoms with Crippen molar-refractivity contribution in [3.8, 4) is 5.88 Å². The number of hydrogen-bond donors (Lipinski definition) is 1.